The maximum Gasteiger partial charge on any atom is 0.341 e. The third-order valence-corrected chi connectivity index (χ3v) is 5.73. The Balaban J connectivity index is 1.75. The molecule has 0 saturated heterocycles. The van der Waals surface area contributed by atoms with Gasteiger partial charge in [-0.1, -0.05) is 22.0 Å². The first-order chi connectivity index (χ1) is 12.0. The first-order valence-corrected chi connectivity index (χ1v) is 9.56. The molecule has 1 aliphatic rings. The molecule has 0 bridgehead atoms. The molecule has 1 aromatic carbocycles. The van der Waals surface area contributed by atoms with Gasteiger partial charge in [0, 0.05) is 9.35 Å². The van der Waals surface area contributed by atoms with E-state index in [1.165, 1.54) is 18.4 Å². The molecule has 1 amide bonds. The van der Waals surface area contributed by atoms with Crippen LogP contribution in [0.25, 0.3) is 0 Å². The highest BCUT2D eigenvalue weighted by atomic mass is 79.9. The summed E-state index contributed by atoms with van der Waals surface area (Å²) in [6, 6.07) is 7.30. The Morgan fingerprint density at radius 3 is 2.84 bits per heavy atom. The van der Waals surface area contributed by atoms with E-state index in [4.69, 9.17) is 9.47 Å². The third kappa shape index (κ3) is 3.88. The van der Waals surface area contributed by atoms with Crippen LogP contribution in [-0.4, -0.2) is 25.1 Å². The van der Waals surface area contributed by atoms with Gasteiger partial charge in [-0.2, -0.15) is 0 Å². The zero-order chi connectivity index (χ0) is 18.0. The van der Waals surface area contributed by atoms with E-state index in [1.54, 1.807) is 19.1 Å². The standard InChI is InChI=1S/C18H18BrNO4S/c1-10(24-12-6-3-5-11(19)9-12)16(21)20-17-15(18(22)23-2)13-7-4-8-14(13)25-17/h3,5-6,9-10H,4,7-8H2,1-2H3,(H,20,21)/t10-/m0/s1. The molecule has 1 N–H and O–H groups in total. The van der Waals surface area contributed by atoms with Crippen molar-refractivity contribution in [1.29, 1.82) is 0 Å². The summed E-state index contributed by atoms with van der Waals surface area (Å²) < 4.78 is 11.4. The molecule has 1 heterocycles. The monoisotopic (exact) mass is 423 g/mol. The molecule has 1 aliphatic carbocycles. The van der Waals surface area contributed by atoms with Crippen LogP contribution in [0.5, 0.6) is 5.75 Å². The van der Waals surface area contributed by atoms with Crippen molar-refractivity contribution in [2.45, 2.75) is 32.3 Å². The Labute approximate surface area is 158 Å². The van der Waals surface area contributed by atoms with E-state index >= 15 is 0 Å². The van der Waals surface area contributed by atoms with Crippen molar-refractivity contribution < 1.29 is 19.1 Å². The Morgan fingerprint density at radius 2 is 2.12 bits per heavy atom. The fourth-order valence-corrected chi connectivity index (χ4v) is 4.48. The number of aryl methyl sites for hydroxylation is 1. The molecule has 132 valence electrons. The summed E-state index contributed by atoms with van der Waals surface area (Å²) in [5.74, 6) is -0.112. The number of thiophene rings is 1. The van der Waals surface area contributed by atoms with Crippen molar-refractivity contribution >= 4 is 44.1 Å². The molecule has 7 heteroatoms. The second kappa shape index (κ2) is 7.58. The Bertz CT molecular complexity index is 817. The van der Waals surface area contributed by atoms with Crippen LogP contribution in [0.4, 0.5) is 5.00 Å². The number of hydrogen-bond donors (Lipinski definition) is 1. The topological polar surface area (TPSA) is 64.6 Å². The average Bonchev–Trinajstić information content (AvgIpc) is 3.14. The van der Waals surface area contributed by atoms with E-state index in [9.17, 15) is 9.59 Å². The van der Waals surface area contributed by atoms with Crippen molar-refractivity contribution in [3.63, 3.8) is 0 Å². The molecule has 0 radical (unpaired) electrons. The molecule has 2 aromatic rings. The van der Waals surface area contributed by atoms with E-state index in [-0.39, 0.29) is 5.91 Å². The molecular weight excluding hydrogens is 406 g/mol. The quantitative estimate of drug-likeness (QED) is 0.732. The molecule has 0 saturated carbocycles. The van der Waals surface area contributed by atoms with Gasteiger partial charge >= 0.3 is 5.97 Å². The molecule has 0 spiro atoms. The predicted molar refractivity (Wildman–Crippen MR) is 101 cm³/mol. The second-order valence-electron chi connectivity index (χ2n) is 5.76. The van der Waals surface area contributed by atoms with Crippen molar-refractivity contribution in [3.05, 3.63) is 44.7 Å². The zero-order valence-electron chi connectivity index (χ0n) is 13.9. The number of rotatable bonds is 5. The predicted octanol–water partition coefficient (Wildman–Crippen LogP) is 4.19. The minimum Gasteiger partial charge on any atom is -0.481 e. The highest BCUT2D eigenvalue weighted by Gasteiger charge is 2.29. The van der Waals surface area contributed by atoms with E-state index in [1.807, 2.05) is 12.1 Å². The van der Waals surface area contributed by atoms with Crippen LogP contribution in [0.3, 0.4) is 0 Å². The SMILES string of the molecule is COC(=O)c1c(NC(=O)[C@H](C)Oc2cccc(Br)c2)sc2c1CCC2. The maximum atomic E-state index is 12.5. The number of anilines is 1. The van der Waals surface area contributed by atoms with Crippen LogP contribution < -0.4 is 10.1 Å². The van der Waals surface area contributed by atoms with E-state index < -0.39 is 12.1 Å². The number of hydrogen-bond acceptors (Lipinski definition) is 5. The van der Waals surface area contributed by atoms with Gasteiger partial charge in [0.2, 0.25) is 0 Å². The van der Waals surface area contributed by atoms with E-state index in [2.05, 4.69) is 21.2 Å². The summed E-state index contributed by atoms with van der Waals surface area (Å²) in [6.45, 7) is 1.68. The first kappa shape index (κ1) is 17.9. The minimum atomic E-state index is -0.697. The van der Waals surface area contributed by atoms with Crippen LogP contribution in [0.2, 0.25) is 0 Å². The Kier molecular flexibility index (Phi) is 5.44. The lowest BCUT2D eigenvalue weighted by Gasteiger charge is -2.15. The molecule has 3 rings (SSSR count). The molecule has 1 atom stereocenters. The van der Waals surface area contributed by atoms with Crippen molar-refractivity contribution in [2.75, 3.05) is 12.4 Å². The van der Waals surface area contributed by atoms with Gasteiger partial charge in [-0.25, -0.2) is 4.79 Å². The van der Waals surface area contributed by atoms with E-state index in [0.717, 1.165) is 34.2 Å². The van der Waals surface area contributed by atoms with Gasteiger partial charge < -0.3 is 14.8 Å². The molecule has 0 fully saturated rings. The highest BCUT2D eigenvalue weighted by Crippen LogP contribution is 2.39. The van der Waals surface area contributed by atoms with Gasteiger partial charge in [0.05, 0.1) is 12.7 Å². The number of fused-ring (bicyclic) bond motifs is 1. The van der Waals surface area contributed by atoms with Crippen LogP contribution >= 0.6 is 27.3 Å². The summed E-state index contributed by atoms with van der Waals surface area (Å²) in [6.07, 6.45) is 2.11. The number of halogens is 1. The van der Waals surface area contributed by atoms with E-state index in [0.29, 0.717) is 16.3 Å². The smallest absolute Gasteiger partial charge is 0.341 e. The zero-order valence-corrected chi connectivity index (χ0v) is 16.3. The molecule has 1 aromatic heterocycles. The number of benzene rings is 1. The fourth-order valence-electron chi connectivity index (χ4n) is 2.82. The van der Waals surface area contributed by atoms with Gasteiger partial charge in [-0.05, 0) is 49.9 Å². The molecule has 5 nitrogen and oxygen atoms in total. The molecule has 0 aliphatic heterocycles. The van der Waals surface area contributed by atoms with Gasteiger partial charge in [0.25, 0.3) is 5.91 Å². The lowest BCUT2D eigenvalue weighted by Crippen LogP contribution is -2.30. The number of carbonyl (C=O) groups is 2. The first-order valence-electron chi connectivity index (χ1n) is 7.95. The second-order valence-corrected chi connectivity index (χ2v) is 7.78. The summed E-state index contributed by atoms with van der Waals surface area (Å²) in [5.41, 5.74) is 1.50. The highest BCUT2D eigenvalue weighted by molar-refractivity contribution is 9.10. The maximum absolute atomic E-state index is 12.5. The van der Waals surface area contributed by atoms with Crippen molar-refractivity contribution in [2.24, 2.45) is 0 Å². The number of amides is 1. The molecule has 0 unspecified atom stereocenters. The third-order valence-electron chi connectivity index (χ3n) is 4.03. The summed E-state index contributed by atoms with van der Waals surface area (Å²) in [7, 11) is 1.35. The average molecular weight is 424 g/mol. The van der Waals surface area contributed by atoms with Gasteiger partial charge in [-0.15, -0.1) is 11.3 Å². The van der Waals surface area contributed by atoms with Gasteiger partial charge in [-0.3, -0.25) is 4.79 Å². The number of carbonyl (C=O) groups excluding carboxylic acids is 2. The number of esters is 1. The summed E-state index contributed by atoms with van der Waals surface area (Å²) in [4.78, 5) is 25.8. The number of ether oxygens (including phenoxy) is 2. The lowest BCUT2D eigenvalue weighted by atomic mass is 10.1. The van der Waals surface area contributed by atoms with Crippen molar-refractivity contribution in [3.8, 4) is 5.75 Å². The largest absolute Gasteiger partial charge is 0.481 e. The lowest BCUT2D eigenvalue weighted by molar-refractivity contribution is -0.122. The van der Waals surface area contributed by atoms with Gasteiger partial charge in [0.15, 0.2) is 6.10 Å². The van der Waals surface area contributed by atoms with Crippen LogP contribution in [-0.2, 0) is 22.4 Å². The normalized spacial score (nSPS) is 13.9. The van der Waals surface area contributed by atoms with Gasteiger partial charge in [0.1, 0.15) is 10.8 Å². The fraction of sp³-hybridized carbons (Fsp3) is 0.333. The van der Waals surface area contributed by atoms with Crippen LogP contribution in [0.15, 0.2) is 28.7 Å². The van der Waals surface area contributed by atoms with Crippen molar-refractivity contribution in [1.82, 2.24) is 0 Å². The Hall–Kier alpha value is -1.86. The van der Waals surface area contributed by atoms with Crippen LogP contribution in [0.1, 0.15) is 34.1 Å². The molecule has 25 heavy (non-hydrogen) atoms. The van der Waals surface area contributed by atoms with Crippen LogP contribution in [0, 0.1) is 0 Å². The minimum absolute atomic E-state index is 0.301. The number of nitrogens with one attached hydrogen (secondary N) is 1. The summed E-state index contributed by atoms with van der Waals surface area (Å²) in [5, 5.41) is 3.38. The Morgan fingerprint density at radius 1 is 1.32 bits per heavy atom. The molecular formula is C18H18BrNO4S. The number of methoxy groups -OCH3 is 1. The summed E-state index contributed by atoms with van der Waals surface area (Å²) >= 11 is 4.82.